The molecule has 4 heteroatoms. The van der Waals surface area contributed by atoms with Gasteiger partial charge >= 0.3 is 37.9 Å². The van der Waals surface area contributed by atoms with E-state index in [2.05, 4.69) is 77.2 Å². The molecule has 3 aromatic carbocycles. The monoisotopic (exact) mass is 452 g/mol. The fourth-order valence-electron chi connectivity index (χ4n) is 3.99. The molecular formula is C20H24Cl2SiZr. The molecule has 126 valence electrons. The van der Waals surface area contributed by atoms with Crippen molar-refractivity contribution in [2.24, 2.45) is 0 Å². The van der Waals surface area contributed by atoms with E-state index in [1.54, 1.807) is 10.4 Å². The predicted molar refractivity (Wildman–Crippen MR) is 109 cm³/mol. The van der Waals surface area contributed by atoms with Gasteiger partial charge in [0.05, 0.1) is 0 Å². The van der Waals surface area contributed by atoms with Crippen LogP contribution in [0.4, 0.5) is 0 Å². The summed E-state index contributed by atoms with van der Waals surface area (Å²) in [6.45, 7) is 14.2. The van der Waals surface area contributed by atoms with E-state index >= 15 is 0 Å². The first-order valence-electron chi connectivity index (χ1n) is 8.12. The topological polar surface area (TPSA) is 0 Å². The van der Waals surface area contributed by atoms with Crippen LogP contribution in [0.3, 0.4) is 0 Å². The van der Waals surface area contributed by atoms with Crippen LogP contribution in [-0.4, -0.2) is 8.07 Å². The van der Waals surface area contributed by atoms with Crippen molar-refractivity contribution in [1.82, 2.24) is 0 Å². The Hall–Kier alpha value is -0.140. The molecule has 0 spiro atoms. The number of rotatable bonds is 2. The SMILES string of the molecule is Cc1c(C)c(C)[c-]([Si](C)(C)[c-]2ccc3ccccc32)c1C.[Cl][Zr+2][Cl]. The Bertz CT molecular complexity index is 817. The molecular weight excluding hydrogens is 430 g/mol. The van der Waals surface area contributed by atoms with Gasteiger partial charge < -0.3 is 0 Å². The van der Waals surface area contributed by atoms with Gasteiger partial charge in [-0.3, -0.25) is 0 Å². The summed E-state index contributed by atoms with van der Waals surface area (Å²) in [6, 6.07) is 13.5. The van der Waals surface area contributed by atoms with Crippen LogP contribution >= 0.6 is 17.0 Å². The Morgan fingerprint density at radius 1 is 0.875 bits per heavy atom. The molecule has 0 unspecified atom stereocenters. The van der Waals surface area contributed by atoms with Crippen molar-refractivity contribution in [3.63, 3.8) is 0 Å². The van der Waals surface area contributed by atoms with Gasteiger partial charge in [0, 0.05) is 8.07 Å². The van der Waals surface area contributed by atoms with E-state index in [0.717, 1.165) is 0 Å². The maximum atomic E-state index is 4.93. The van der Waals surface area contributed by atoms with Gasteiger partial charge in [-0.05, 0) is 0 Å². The Morgan fingerprint density at radius 3 is 1.92 bits per heavy atom. The third-order valence-corrected chi connectivity index (χ3v) is 9.20. The normalized spacial score (nSPS) is 11.2. The summed E-state index contributed by atoms with van der Waals surface area (Å²) in [5, 5.41) is 6.05. The molecule has 0 N–H and O–H groups in total. The molecule has 3 aromatic rings. The molecule has 0 saturated heterocycles. The Kier molecular flexibility index (Phi) is 6.76. The average Bonchev–Trinajstić information content (AvgIpc) is 3.05. The van der Waals surface area contributed by atoms with Gasteiger partial charge in [0.25, 0.3) is 0 Å². The molecule has 0 aliphatic carbocycles. The van der Waals surface area contributed by atoms with Crippen molar-refractivity contribution in [2.75, 3.05) is 0 Å². The molecule has 3 rings (SSSR count). The second-order valence-electron chi connectivity index (χ2n) is 6.91. The van der Waals surface area contributed by atoms with Crippen molar-refractivity contribution in [2.45, 2.75) is 40.8 Å². The molecule has 0 heterocycles. The van der Waals surface area contributed by atoms with E-state index in [-0.39, 0.29) is 0 Å². The number of hydrogen-bond acceptors (Lipinski definition) is 0. The average molecular weight is 455 g/mol. The van der Waals surface area contributed by atoms with Crippen molar-refractivity contribution >= 4 is 46.2 Å². The minimum absolute atomic E-state index is 0.826. The molecule has 0 atom stereocenters. The van der Waals surface area contributed by atoms with Crippen molar-refractivity contribution < 1.29 is 20.8 Å². The molecule has 0 radical (unpaired) electrons. The zero-order chi connectivity index (χ0) is 18.1. The van der Waals surface area contributed by atoms with E-state index in [9.17, 15) is 0 Å². The van der Waals surface area contributed by atoms with Crippen LogP contribution in [-0.2, 0) is 20.8 Å². The molecule has 0 fully saturated rings. The summed E-state index contributed by atoms with van der Waals surface area (Å²) in [7, 11) is 8.20. The van der Waals surface area contributed by atoms with Crippen molar-refractivity contribution in [3.8, 4) is 0 Å². The molecule has 0 aliphatic rings. The maximum absolute atomic E-state index is 4.93. The molecule has 0 bridgehead atoms. The van der Waals surface area contributed by atoms with Gasteiger partial charge in [0.15, 0.2) is 0 Å². The second kappa shape index (κ2) is 8.04. The Morgan fingerprint density at radius 2 is 1.38 bits per heavy atom. The zero-order valence-corrected chi connectivity index (χ0v) is 20.2. The van der Waals surface area contributed by atoms with Crippen LogP contribution in [0.2, 0.25) is 13.1 Å². The van der Waals surface area contributed by atoms with E-state index in [4.69, 9.17) is 17.0 Å². The molecule has 24 heavy (non-hydrogen) atoms. The van der Waals surface area contributed by atoms with E-state index in [0.29, 0.717) is 0 Å². The summed E-state index contributed by atoms with van der Waals surface area (Å²) >= 11 is -0.826. The van der Waals surface area contributed by atoms with Gasteiger partial charge in [-0.15, -0.1) is 34.2 Å². The van der Waals surface area contributed by atoms with Crippen LogP contribution < -0.4 is 10.4 Å². The van der Waals surface area contributed by atoms with E-state index < -0.39 is 28.9 Å². The van der Waals surface area contributed by atoms with Gasteiger partial charge in [0.2, 0.25) is 0 Å². The first-order valence-corrected chi connectivity index (χ1v) is 17.4. The fraction of sp³-hybridized carbons (Fsp3) is 0.300. The quantitative estimate of drug-likeness (QED) is 0.344. The van der Waals surface area contributed by atoms with Gasteiger partial charge in [-0.25, -0.2) is 0 Å². The first kappa shape index (κ1) is 20.2. The van der Waals surface area contributed by atoms with Crippen LogP contribution in [0.25, 0.3) is 10.8 Å². The third-order valence-electron chi connectivity index (χ3n) is 5.42. The third kappa shape index (κ3) is 3.54. The summed E-state index contributed by atoms with van der Waals surface area (Å²) in [6.07, 6.45) is 0. The number of fused-ring (bicyclic) bond motifs is 1. The van der Waals surface area contributed by atoms with Crippen molar-refractivity contribution in [1.29, 1.82) is 0 Å². The summed E-state index contributed by atoms with van der Waals surface area (Å²) < 4.78 is 0. The molecule has 0 aliphatic heterocycles. The zero-order valence-electron chi connectivity index (χ0n) is 15.2. The number of hydrogen-bond donors (Lipinski definition) is 0. The molecule has 0 nitrogen and oxygen atoms in total. The van der Waals surface area contributed by atoms with Crippen LogP contribution in [0.1, 0.15) is 22.3 Å². The van der Waals surface area contributed by atoms with E-state index in [1.807, 2.05) is 0 Å². The predicted octanol–water partition coefficient (Wildman–Crippen LogP) is 5.71. The van der Waals surface area contributed by atoms with Gasteiger partial charge in [-0.1, -0.05) is 46.9 Å². The number of benzene rings is 1. The Balaban J connectivity index is 0.000000647. The minimum atomic E-state index is -1.67. The first-order chi connectivity index (χ1) is 11.3. The van der Waals surface area contributed by atoms with Crippen molar-refractivity contribution in [3.05, 3.63) is 58.7 Å². The van der Waals surface area contributed by atoms with Crippen LogP contribution in [0.5, 0.6) is 0 Å². The van der Waals surface area contributed by atoms with E-state index in [1.165, 1.54) is 33.0 Å². The van der Waals surface area contributed by atoms with Gasteiger partial charge in [-0.2, -0.15) is 39.6 Å². The summed E-state index contributed by atoms with van der Waals surface area (Å²) in [5.41, 5.74) is 6.01. The molecule has 0 amide bonds. The summed E-state index contributed by atoms with van der Waals surface area (Å²) in [5.74, 6) is 0. The molecule has 0 aromatic heterocycles. The second-order valence-corrected chi connectivity index (χ2v) is 14.9. The van der Waals surface area contributed by atoms with Gasteiger partial charge in [0.1, 0.15) is 0 Å². The Labute approximate surface area is 165 Å². The standard InChI is InChI=1S/C20H24Si.2ClH.Zr/c1-13-14(2)16(4)20(15(13)3)21(5,6)19-12-11-17-9-7-8-10-18(17)19;;;/h7-12H,1-6H3;2*1H;/q-2;;;+4/p-2. The summed E-state index contributed by atoms with van der Waals surface area (Å²) in [4.78, 5) is 0. The number of halogens is 2. The van der Waals surface area contributed by atoms with Crippen LogP contribution in [0.15, 0.2) is 36.4 Å². The molecule has 0 saturated carbocycles. The fourth-order valence-corrected chi connectivity index (χ4v) is 7.91. The van der Waals surface area contributed by atoms with Crippen LogP contribution in [0, 0.1) is 27.7 Å².